The molecule has 1 N–H and O–H groups in total. The van der Waals surface area contributed by atoms with Crippen LogP contribution in [0.2, 0.25) is 0 Å². The Labute approximate surface area is 141 Å². The molecule has 1 aliphatic rings. The Hall–Kier alpha value is -3.10. The first-order valence-corrected chi connectivity index (χ1v) is 7.77. The van der Waals surface area contributed by atoms with Crippen LogP contribution in [0.4, 0.5) is 20.4 Å². The SMILES string of the molecule is O=C(Nc1ccc(F)cn1)c1cnc2ccc(N3CC[C@H](F)C3)nn12. The highest BCUT2D eigenvalue weighted by Gasteiger charge is 2.24. The number of carbonyl (C=O) groups excluding carboxylic acids is 1. The van der Waals surface area contributed by atoms with Gasteiger partial charge in [-0.15, -0.1) is 5.10 Å². The molecule has 4 rings (SSSR count). The average molecular weight is 344 g/mol. The summed E-state index contributed by atoms with van der Waals surface area (Å²) in [7, 11) is 0. The van der Waals surface area contributed by atoms with E-state index in [-0.39, 0.29) is 18.1 Å². The standard InChI is InChI=1S/C16H14F2N6O/c17-10-1-2-13(19-7-10)21-16(25)12-8-20-14-3-4-15(22-24(12)14)23-6-5-11(18)9-23/h1-4,7-8,11H,5-6,9H2,(H,19,21,25)/t11-/m0/s1. The zero-order valence-electron chi connectivity index (χ0n) is 13.1. The number of rotatable bonds is 3. The van der Waals surface area contributed by atoms with Crippen LogP contribution >= 0.6 is 0 Å². The lowest BCUT2D eigenvalue weighted by Crippen LogP contribution is -2.23. The molecule has 128 valence electrons. The number of hydrogen-bond acceptors (Lipinski definition) is 5. The number of fused-ring (bicyclic) bond motifs is 1. The van der Waals surface area contributed by atoms with Crippen molar-refractivity contribution in [2.24, 2.45) is 0 Å². The van der Waals surface area contributed by atoms with Gasteiger partial charge in [0.2, 0.25) is 0 Å². The smallest absolute Gasteiger partial charge is 0.277 e. The second kappa shape index (κ2) is 6.08. The number of amides is 1. The Morgan fingerprint density at radius 2 is 2.08 bits per heavy atom. The maximum atomic E-state index is 13.4. The summed E-state index contributed by atoms with van der Waals surface area (Å²) in [4.78, 5) is 22.2. The van der Waals surface area contributed by atoms with Crippen molar-refractivity contribution in [1.29, 1.82) is 0 Å². The van der Waals surface area contributed by atoms with Crippen LogP contribution in [-0.4, -0.2) is 44.8 Å². The number of nitrogens with zero attached hydrogens (tertiary/aromatic N) is 5. The summed E-state index contributed by atoms with van der Waals surface area (Å²) in [5.41, 5.74) is 0.705. The van der Waals surface area contributed by atoms with Crippen LogP contribution in [0.1, 0.15) is 16.9 Å². The highest BCUT2D eigenvalue weighted by atomic mass is 19.1. The van der Waals surface area contributed by atoms with Crippen LogP contribution in [0.25, 0.3) is 5.65 Å². The zero-order chi connectivity index (χ0) is 17.4. The van der Waals surface area contributed by atoms with Crippen molar-refractivity contribution in [3.05, 3.63) is 48.2 Å². The van der Waals surface area contributed by atoms with E-state index in [9.17, 15) is 13.6 Å². The minimum Gasteiger partial charge on any atom is -0.352 e. The Bertz CT molecular complexity index is 926. The summed E-state index contributed by atoms with van der Waals surface area (Å²) < 4.78 is 27.7. The quantitative estimate of drug-likeness (QED) is 0.787. The summed E-state index contributed by atoms with van der Waals surface area (Å²) >= 11 is 0. The second-order valence-corrected chi connectivity index (χ2v) is 5.75. The van der Waals surface area contributed by atoms with Gasteiger partial charge in [-0.3, -0.25) is 4.79 Å². The van der Waals surface area contributed by atoms with E-state index in [2.05, 4.69) is 20.4 Å². The fraction of sp³-hybridized carbons (Fsp3) is 0.250. The number of alkyl halides is 1. The molecule has 1 fully saturated rings. The molecule has 0 bridgehead atoms. The maximum absolute atomic E-state index is 13.4. The first-order valence-electron chi connectivity index (χ1n) is 7.77. The van der Waals surface area contributed by atoms with Gasteiger partial charge in [-0.25, -0.2) is 23.3 Å². The Kier molecular flexibility index (Phi) is 3.75. The number of aromatic nitrogens is 4. The van der Waals surface area contributed by atoms with Crippen LogP contribution in [0.5, 0.6) is 0 Å². The highest BCUT2D eigenvalue weighted by molar-refractivity contribution is 6.02. The first-order chi connectivity index (χ1) is 12.1. The lowest BCUT2D eigenvalue weighted by atomic mass is 10.3. The van der Waals surface area contributed by atoms with E-state index in [0.29, 0.717) is 24.4 Å². The number of anilines is 2. The predicted octanol–water partition coefficient (Wildman–Crippen LogP) is 2.06. The number of halogens is 2. The summed E-state index contributed by atoms with van der Waals surface area (Å²) in [5, 5.41) is 6.97. The molecule has 0 aromatic carbocycles. The molecule has 3 aromatic rings. The van der Waals surface area contributed by atoms with Crippen molar-refractivity contribution < 1.29 is 13.6 Å². The molecule has 4 heterocycles. The van der Waals surface area contributed by atoms with E-state index in [0.717, 1.165) is 6.20 Å². The molecule has 1 atom stereocenters. The summed E-state index contributed by atoms with van der Waals surface area (Å²) in [6, 6.07) is 6.04. The van der Waals surface area contributed by atoms with Crippen LogP contribution in [-0.2, 0) is 0 Å². The number of nitrogens with one attached hydrogen (secondary N) is 1. The molecule has 0 saturated carbocycles. The van der Waals surface area contributed by atoms with Crippen LogP contribution in [0.15, 0.2) is 36.7 Å². The Morgan fingerprint density at radius 3 is 2.80 bits per heavy atom. The molecule has 0 unspecified atom stereocenters. The van der Waals surface area contributed by atoms with Gasteiger partial charge in [-0.2, -0.15) is 0 Å². The lowest BCUT2D eigenvalue weighted by molar-refractivity contribution is 0.102. The lowest BCUT2D eigenvalue weighted by Gasteiger charge is -2.16. The number of carbonyl (C=O) groups is 1. The molecule has 9 heteroatoms. The van der Waals surface area contributed by atoms with Gasteiger partial charge >= 0.3 is 0 Å². The van der Waals surface area contributed by atoms with Crippen molar-refractivity contribution in [3.8, 4) is 0 Å². The third-order valence-electron chi connectivity index (χ3n) is 4.00. The highest BCUT2D eigenvalue weighted by Crippen LogP contribution is 2.20. The topological polar surface area (TPSA) is 75.4 Å². The van der Waals surface area contributed by atoms with E-state index >= 15 is 0 Å². The molecule has 1 aliphatic heterocycles. The maximum Gasteiger partial charge on any atom is 0.277 e. The molecule has 1 amide bonds. The number of hydrogen-bond donors (Lipinski definition) is 1. The van der Waals surface area contributed by atoms with E-state index in [1.807, 2.05) is 4.90 Å². The van der Waals surface area contributed by atoms with Crippen molar-refractivity contribution in [1.82, 2.24) is 19.6 Å². The van der Waals surface area contributed by atoms with E-state index in [1.165, 1.54) is 22.8 Å². The number of pyridine rings is 1. The minimum absolute atomic E-state index is 0.207. The molecular formula is C16H14F2N6O. The minimum atomic E-state index is -0.868. The molecule has 0 radical (unpaired) electrons. The zero-order valence-corrected chi connectivity index (χ0v) is 13.1. The van der Waals surface area contributed by atoms with E-state index in [1.54, 1.807) is 12.1 Å². The molecule has 0 aliphatic carbocycles. The molecule has 1 saturated heterocycles. The summed E-state index contributed by atoms with van der Waals surface area (Å²) in [5.74, 6) is -0.158. The van der Waals surface area contributed by atoms with Gasteiger partial charge in [-0.1, -0.05) is 0 Å². The van der Waals surface area contributed by atoms with Crippen molar-refractivity contribution in [2.45, 2.75) is 12.6 Å². The molecule has 25 heavy (non-hydrogen) atoms. The van der Waals surface area contributed by atoms with Gasteiger partial charge in [0, 0.05) is 6.54 Å². The summed E-state index contributed by atoms with van der Waals surface area (Å²) in [6.07, 6.45) is 2.01. The van der Waals surface area contributed by atoms with Gasteiger partial charge in [0.1, 0.15) is 23.6 Å². The largest absolute Gasteiger partial charge is 0.352 e. The predicted molar refractivity (Wildman–Crippen MR) is 86.9 cm³/mol. The van der Waals surface area contributed by atoms with Gasteiger partial charge in [0.05, 0.1) is 18.9 Å². The van der Waals surface area contributed by atoms with Gasteiger partial charge in [0.15, 0.2) is 11.3 Å². The first kappa shape index (κ1) is 15.4. The van der Waals surface area contributed by atoms with E-state index < -0.39 is 17.9 Å². The van der Waals surface area contributed by atoms with Gasteiger partial charge < -0.3 is 10.2 Å². The fourth-order valence-electron chi connectivity index (χ4n) is 2.74. The molecule has 3 aromatic heterocycles. The third kappa shape index (κ3) is 3.00. The average Bonchev–Trinajstić information content (AvgIpc) is 3.22. The number of imidazole rings is 1. The van der Waals surface area contributed by atoms with E-state index in [4.69, 9.17) is 0 Å². The van der Waals surface area contributed by atoms with Gasteiger partial charge in [0.25, 0.3) is 5.91 Å². The van der Waals surface area contributed by atoms with Crippen molar-refractivity contribution in [3.63, 3.8) is 0 Å². The molecule has 0 spiro atoms. The van der Waals surface area contributed by atoms with Crippen LogP contribution < -0.4 is 10.2 Å². The fourth-order valence-corrected chi connectivity index (χ4v) is 2.74. The monoisotopic (exact) mass is 344 g/mol. The molecular weight excluding hydrogens is 330 g/mol. The van der Waals surface area contributed by atoms with Crippen molar-refractivity contribution in [2.75, 3.05) is 23.3 Å². The van der Waals surface area contributed by atoms with Gasteiger partial charge in [-0.05, 0) is 30.7 Å². The Balaban J connectivity index is 1.62. The second-order valence-electron chi connectivity index (χ2n) is 5.75. The van der Waals surface area contributed by atoms with Crippen molar-refractivity contribution >= 4 is 23.2 Å². The van der Waals surface area contributed by atoms with Crippen LogP contribution in [0.3, 0.4) is 0 Å². The normalized spacial score (nSPS) is 17.2. The third-order valence-corrected chi connectivity index (χ3v) is 4.00. The molecule has 7 nitrogen and oxygen atoms in total. The van der Waals surface area contributed by atoms with Crippen LogP contribution in [0, 0.1) is 5.82 Å². The summed E-state index contributed by atoms with van der Waals surface area (Å²) in [6.45, 7) is 0.865. The Morgan fingerprint density at radius 1 is 1.20 bits per heavy atom.